The van der Waals surface area contributed by atoms with Crippen molar-refractivity contribution in [1.29, 1.82) is 0 Å². The van der Waals surface area contributed by atoms with E-state index in [9.17, 15) is 24.0 Å². The highest BCUT2D eigenvalue weighted by molar-refractivity contribution is 6.00. The van der Waals surface area contributed by atoms with Gasteiger partial charge in [0.15, 0.2) is 30.5 Å². The Morgan fingerprint density at radius 1 is 0.892 bits per heavy atom. The summed E-state index contributed by atoms with van der Waals surface area (Å²) in [6, 6.07) is 3.93. The summed E-state index contributed by atoms with van der Waals surface area (Å²) in [5, 5.41) is 23.0. The highest BCUT2D eigenvalue weighted by atomic mass is 16.6. The maximum atomic E-state index is 12.6. The Morgan fingerprint density at radius 3 is 2.05 bits per heavy atom. The van der Waals surface area contributed by atoms with Crippen molar-refractivity contribution in [3.05, 3.63) is 23.8 Å². The number of carbonyl (C=O) groups excluding carboxylic acids is 3. The quantitative estimate of drug-likeness (QED) is 0.298. The van der Waals surface area contributed by atoms with E-state index in [2.05, 4.69) is 10.6 Å². The first-order valence-corrected chi connectivity index (χ1v) is 11.9. The second-order valence-corrected chi connectivity index (χ2v) is 9.77. The predicted octanol–water partition coefficient (Wildman–Crippen LogP) is 2.24. The first kappa shape index (κ1) is 29.4. The fourth-order valence-electron chi connectivity index (χ4n) is 3.78. The lowest BCUT2D eigenvalue weighted by molar-refractivity contribution is -0.140. The van der Waals surface area contributed by atoms with E-state index >= 15 is 0 Å². The molecular formula is C25H34N2O10. The van der Waals surface area contributed by atoms with Gasteiger partial charge in [-0.25, -0.2) is 14.4 Å². The molecule has 1 aliphatic rings. The molecule has 0 atom stereocenters. The van der Waals surface area contributed by atoms with Crippen LogP contribution in [-0.2, 0) is 19.1 Å². The zero-order valence-electron chi connectivity index (χ0n) is 21.2. The molecule has 12 heteroatoms. The molecule has 2 amide bonds. The molecule has 1 aromatic carbocycles. The number of Topliss-reactive ketones (excluding diaryl/α,β-unsaturated/α-hetero) is 1. The molecule has 0 aliphatic heterocycles. The van der Waals surface area contributed by atoms with Gasteiger partial charge in [0.05, 0.1) is 6.54 Å². The Kier molecular flexibility index (Phi) is 10.7. The Hall–Kier alpha value is -3.83. The van der Waals surface area contributed by atoms with Gasteiger partial charge in [-0.2, -0.15) is 0 Å². The molecule has 0 heterocycles. The Balaban J connectivity index is 1.84. The summed E-state index contributed by atoms with van der Waals surface area (Å²) in [5.74, 6) is -3.30. The minimum Gasteiger partial charge on any atom is -0.479 e. The highest BCUT2D eigenvalue weighted by Crippen LogP contribution is 2.30. The van der Waals surface area contributed by atoms with E-state index in [-0.39, 0.29) is 41.4 Å². The van der Waals surface area contributed by atoms with Gasteiger partial charge in [0.25, 0.3) is 0 Å². The molecule has 0 saturated heterocycles. The number of alkyl carbamates (subject to hydrolysis) is 1. The first-order chi connectivity index (χ1) is 17.3. The summed E-state index contributed by atoms with van der Waals surface area (Å²) in [7, 11) is 0. The van der Waals surface area contributed by atoms with E-state index < -0.39 is 42.6 Å². The molecule has 0 aromatic heterocycles. The molecular weight excluding hydrogens is 488 g/mol. The van der Waals surface area contributed by atoms with Crippen molar-refractivity contribution in [1.82, 2.24) is 10.6 Å². The smallest absolute Gasteiger partial charge is 0.407 e. The molecule has 204 valence electrons. The largest absolute Gasteiger partial charge is 0.479 e. The third-order valence-electron chi connectivity index (χ3n) is 5.54. The van der Waals surface area contributed by atoms with E-state index in [1.54, 1.807) is 20.8 Å². The van der Waals surface area contributed by atoms with Crippen LogP contribution < -0.4 is 20.1 Å². The molecule has 4 N–H and O–H groups in total. The van der Waals surface area contributed by atoms with Crippen LogP contribution in [0.5, 0.6) is 11.5 Å². The standard InChI is InChI=1S/C25H34N2O10/c1-25(2,3)37-24(34)27-11-15-4-6-16(7-5-15)23(33)26-12-18(28)17-8-9-19(35-13-21(29)30)20(10-17)36-14-22(31)32/h8-10,15-16H,4-7,11-14H2,1-3H3,(H,26,33)(H,27,34)(H,29,30)(H,31,32)/t15-,16-. The first-order valence-electron chi connectivity index (χ1n) is 11.9. The summed E-state index contributed by atoms with van der Waals surface area (Å²) in [6.07, 6.45) is 2.30. The predicted molar refractivity (Wildman–Crippen MR) is 130 cm³/mol. The van der Waals surface area contributed by atoms with Gasteiger partial charge in [0.1, 0.15) is 5.60 Å². The summed E-state index contributed by atoms with van der Waals surface area (Å²) >= 11 is 0. The van der Waals surface area contributed by atoms with Crippen molar-refractivity contribution in [2.75, 3.05) is 26.3 Å². The van der Waals surface area contributed by atoms with E-state index in [1.165, 1.54) is 18.2 Å². The van der Waals surface area contributed by atoms with Gasteiger partial charge in [0, 0.05) is 18.0 Å². The zero-order chi connectivity index (χ0) is 27.6. The van der Waals surface area contributed by atoms with Gasteiger partial charge >= 0.3 is 18.0 Å². The van der Waals surface area contributed by atoms with Crippen LogP contribution in [0.4, 0.5) is 4.79 Å². The number of ketones is 1. The fraction of sp³-hybridized carbons (Fsp3) is 0.560. The number of benzene rings is 1. The third-order valence-corrected chi connectivity index (χ3v) is 5.54. The number of aliphatic carboxylic acids is 2. The van der Waals surface area contributed by atoms with E-state index in [0.29, 0.717) is 19.4 Å². The fourth-order valence-corrected chi connectivity index (χ4v) is 3.78. The maximum absolute atomic E-state index is 12.6. The lowest BCUT2D eigenvalue weighted by atomic mass is 9.81. The van der Waals surface area contributed by atoms with E-state index in [0.717, 1.165) is 12.8 Å². The van der Waals surface area contributed by atoms with Gasteiger partial charge in [-0.1, -0.05) is 0 Å². The van der Waals surface area contributed by atoms with Gasteiger partial charge < -0.3 is 35.1 Å². The maximum Gasteiger partial charge on any atom is 0.407 e. The van der Waals surface area contributed by atoms with Crippen molar-refractivity contribution in [3.63, 3.8) is 0 Å². The lowest BCUT2D eigenvalue weighted by Gasteiger charge is -2.28. The topological polar surface area (TPSA) is 178 Å². The molecule has 1 aromatic rings. The van der Waals surface area contributed by atoms with Crippen LogP contribution >= 0.6 is 0 Å². The molecule has 12 nitrogen and oxygen atoms in total. The molecule has 2 rings (SSSR count). The zero-order valence-corrected chi connectivity index (χ0v) is 21.2. The lowest BCUT2D eigenvalue weighted by Crippen LogP contribution is -2.39. The van der Waals surface area contributed by atoms with E-state index in [1.807, 2.05) is 0 Å². The molecule has 1 saturated carbocycles. The third kappa shape index (κ3) is 10.8. The monoisotopic (exact) mass is 522 g/mol. The van der Waals surface area contributed by atoms with Crippen molar-refractivity contribution in [3.8, 4) is 11.5 Å². The number of carboxylic acid groups (broad SMARTS) is 2. The van der Waals surface area contributed by atoms with Gasteiger partial charge in [0.2, 0.25) is 5.91 Å². The number of carbonyl (C=O) groups is 5. The minimum absolute atomic E-state index is 0.0258. The van der Waals surface area contributed by atoms with E-state index in [4.69, 9.17) is 24.4 Å². The molecule has 37 heavy (non-hydrogen) atoms. The summed E-state index contributed by atoms with van der Waals surface area (Å²) in [6.45, 7) is 4.18. The normalized spacial score (nSPS) is 17.3. The number of carboxylic acids is 2. The molecule has 1 aliphatic carbocycles. The SMILES string of the molecule is CC(C)(C)OC(=O)NC[C@H]1CC[C@H](C(=O)NCC(=O)c2ccc(OCC(=O)O)c(OCC(=O)O)c2)CC1. The Labute approximate surface area is 214 Å². The van der Waals surface area contributed by atoms with Gasteiger partial charge in [-0.05, 0) is 70.6 Å². The second-order valence-electron chi connectivity index (χ2n) is 9.77. The summed E-state index contributed by atoms with van der Waals surface area (Å²) in [4.78, 5) is 58.6. The van der Waals surface area contributed by atoms with Crippen molar-refractivity contribution in [2.24, 2.45) is 11.8 Å². The number of ether oxygens (including phenoxy) is 3. The highest BCUT2D eigenvalue weighted by Gasteiger charge is 2.27. The van der Waals surface area contributed by atoms with Crippen LogP contribution in [0.2, 0.25) is 0 Å². The van der Waals surface area contributed by atoms with Gasteiger partial charge in [-0.3, -0.25) is 9.59 Å². The molecule has 1 fully saturated rings. The number of amides is 2. The minimum atomic E-state index is -1.26. The van der Waals surface area contributed by atoms with Crippen LogP contribution in [0, 0.1) is 11.8 Å². The van der Waals surface area contributed by atoms with Crippen molar-refractivity contribution < 1.29 is 48.4 Å². The number of hydrogen-bond acceptors (Lipinski definition) is 8. The Morgan fingerprint density at radius 2 is 1.49 bits per heavy atom. The Bertz CT molecular complexity index is 994. The van der Waals surface area contributed by atoms with Crippen LogP contribution in [0.1, 0.15) is 56.8 Å². The van der Waals surface area contributed by atoms with Crippen molar-refractivity contribution >= 4 is 29.7 Å². The summed E-state index contributed by atoms with van der Waals surface area (Å²) < 4.78 is 15.4. The number of rotatable bonds is 12. The van der Waals surface area contributed by atoms with Crippen LogP contribution in [0.15, 0.2) is 18.2 Å². The van der Waals surface area contributed by atoms with Gasteiger partial charge in [-0.15, -0.1) is 0 Å². The van der Waals surface area contributed by atoms with Crippen molar-refractivity contribution in [2.45, 2.75) is 52.1 Å². The molecule has 0 unspecified atom stereocenters. The molecule has 0 bridgehead atoms. The van der Waals surface area contributed by atoms with Crippen LogP contribution in [-0.4, -0.2) is 71.8 Å². The molecule has 0 spiro atoms. The molecule has 0 radical (unpaired) electrons. The second kappa shape index (κ2) is 13.5. The van der Waals surface area contributed by atoms with Crippen LogP contribution in [0.3, 0.4) is 0 Å². The van der Waals surface area contributed by atoms with Crippen LogP contribution in [0.25, 0.3) is 0 Å². The average molecular weight is 523 g/mol. The summed E-state index contributed by atoms with van der Waals surface area (Å²) in [5.41, 5.74) is -0.430. The average Bonchev–Trinajstić information content (AvgIpc) is 2.82. The number of nitrogens with one attached hydrogen (secondary N) is 2. The number of hydrogen-bond donors (Lipinski definition) is 4.